The molecule has 0 N–H and O–H groups in total. The van der Waals surface area contributed by atoms with Crippen LogP contribution in [0.3, 0.4) is 0 Å². The van der Waals surface area contributed by atoms with Crippen LogP contribution in [0.4, 0.5) is 0 Å². The van der Waals surface area contributed by atoms with Gasteiger partial charge in [0, 0.05) is 19.3 Å². The van der Waals surface area contributed by atoms with Crippen molar-refractivity contribution in [3.05, 3.63) is 24.3 Å². The summed E-state index contributed by atoms with van der Waals surface area (Å²) in [6.45, 7) is 5.46. The van der Waals surface area contributed by atoms with E-state index in [9.17, 15) is 4.79 Å². The van der Waals surface area contributed by atoms with E-state index < -0.39 is 0 Å². The summed E-state index contributed by atoms with van der Waals surface area (Å²) < 4.78 is 0. The van der Waals surface area contributed by atoms with Crippen LogP contribution < -0.4 is 0 Å². The van der Waals surface area contributed by atoms with Gasteiger partial charge >= 0.3 is 0 Å². The molecule has 1 aromatic rings. The zero-order chi connectivity index (χ0) is 8.69. The number of hydrogen-bond acceptors (Lipinski definition) is 3. The van der Waals surface area contributed by atoms with E-state index in [-0.39, 0.29) is 5.78 Å². The van der Waals surface area contributed by atoms with E-state index in [0.29, 0.717) is 5.69 Å². The maximum atomic E-state index is 10.5. The minimum Gasteiger partial charge on any atom is -0.293 e. The molecule has 0 saturated carbocycles. The van der Waals surface area contributed by atoms with Gasteiger partial charge in [-0.15, -0.1) is 0 Å². The Morgan fingerprint density at radius 2 is 2.00 bits per heavy atom. The summed E-state index contributed by atoms with van der Waals surface area (Å²) in [4.78, 5) is 18.0. The van der Waals surface area contributed by atoms with Gasteiger partial charge in [-0.25, -0.2) is 4.98 Å². The van der Waals surface area contributed by atoms with E-state index in [1.165, 1.54) is 25.5 Å². The van der Waals surface area contributed by atoms with Crippen molar-refractivity contribution in [1.29, 1.82) is 0 Å². The summed E-state index contributed by atoms with van der Waals surface area (Å²) in [6, 6.07) is 0. The monoisotopic (exact) mass is 152 g/mol. The first-order chi connectivity index (χ1) is 5.30. The average Bonchev–Trinajstić information content (AvgIpc) is 2.10. The van der Waals surface area contributed by atoms with Crippen LogP contribution in [-0.4, -0.2) is 15.8 Å². The fourth-order valence-corrected chi connectivity index (χ4v) is 0.481. The number of rotatable bonds is 1. The number of Topliss-reactive ketones (excluding diaryl/α,β-unsaturated/α-hetero) is 1. The molecule has 0 radical (unpaired) electrons. The Hall–Kier alpha value is -1.25. The van der Waals surface area contributed by atoms with Gasteiger partial charge in [-0.05, 0) is 0 Å². The molecule has 0 saturated heterocycles. The predicted molar refractivity (Wildman–Crippen MR) is 43.4 cm³/mol. The number of ketones is 1. The molecule has 0 spiro atoms. The van der Waals surface area contributed by atoms with Crippen molar-refractivity contribution in [3.63, 3.8) is 0 Å². The molecule has 0 atom stereocenters. The minimum atomic E-state index is -0.0527. The highest BCUT2D eigenvalue weighted by Gasteiger charge is 1.96. The van der Waals surface area contributed by atoms with E-state index in [1.807, 2.05) is 13.8 Å². The molecule has 0 aliphatic rings. The SMILES string of the molecule is CC.CC(=O)c1cnccn1. The summed E-state index contributed by atoms with van der Waals surface area (Å²) in [5, 5.41) is 0. The first-order valence-corrected chi connectivity index (χ1v) is 3.57. The number of aromatic nitrogens is 2. The lowest BCUT2D eigenvalue weighted by Crippen LogP contribution is -1.95. The second-order valence-corrected chi connectivity index (χ2v) is 1.65. The summed E-state index contributed by atoms with van der Waals surface area (Å²) >= 11 is 0. The summed E-state index contributed by atoms with van der Waals surface area (Å²) in [5.41, 5.74) is 0.414. The van der Waals surface area contributed by atoms with E-state index >= 15 is 0 Å². The first-order valence-electron chi connectivity index (χ1n) is 3.57. The van der Waals surface area contributed by atoms with Crippen LogP contribution in [-0.2, 0) is 0 Å². The minimum absolute atomic E-state index is 0.0527. The zero-order valence-electron chi connectivity index (χ0n) is 7.03. The maximum Gasteiger partial charge on any atom is 0.179 e. The van der Waals surface area contributed by atoms with Crippen molar-refractivity contribution in [1.82, 2.24) is 9.97 Å². The van der Waals surface area contributed by atoms with Crippen LogP contribution in [0.1, 0.15) is 31.3 Å². The lowest BCUT2D eigenvalue weighted by molar-refractivity contribution is 0.101. The average molecular weight is 152 g/mol. The molecule has 0 aromatic carbocycles. The van der Waals surface area contributed by atoms with Crippen molar-refractivity contribution in [2.75, 3.05) is 0 Å². The first kappa shape index (κ1) is 9.75. The zero-order valence-corrected chi connectivity index (χ0v) is 7.03. The normalized spacial score (nSPS) is 7.91. The molecule has 0 aliphatic heterocycles. The molecule has 0 aliphatic carbocycles. The third kappa shape index (κ3) is 3.45. The Kier molecular flexibility index (Phi) is 4.90. The standard InChI is InChI=1S/C6H6N2O.C2H6/c1-5(9)6-4-7-2-3-8-6;1-2/h2-4H,1H3;1-2H3. The van der Waals surface area contributed by atoms with Gasteiger partial charge < -0.3 is 0 Å². The van der Waals surface area contributed by atoms with Gasteiger partial charge in [-0.2, -0.15) is 0 Å². The van der Waals surface area contributed by atoms with Gasteiger partial charge in [0.05, 0.1) is 6.20 Å². The van der Waals surface area contributed by atoms with Crippen molar-refractivity contribution < 1.29 is 4.79 Å². The third-order valence-electron chi connectivity index (χ3n) is 0.924. The molecule has 3 nitrogen and oxygen atoms in total. The molecule has 11 heavy (non-hydrogen) atoms. The smallest absolute Gasteiger partial charge is 0.179 e. The highest BCUT2D eigenvalue weighted by atomic mass is 16.1. The molecule has 0 unspecified atom stereocenters. The molecule has 0 amide bonds. The second kappa shape index (κ2) is 5.53. The number of hydrogen-bond donors (Lipinski definition) is 0. The largest absolute Gasteiger partial charge is 0.293 e. The number of carbonyl (C=O) groups is 1. The molecule has 0 fully saturated rings. The van der Waals surface area contributed by atoms with E-state index in [4.69, 9.17) is 0 Å². The molecule has 0 bridgehead atoms. The highest BCUT2D eigenvalue weighted by Crippen LogP contribution is 1.88. The lowest BCUT2D eigenvalue weighted by atomic mass is 10.3. The van der Waals surface area contributed by atoms with Crippen LogP contribution in [0.5, 0.6) is 0 Å². The number of carbonyl (C=O) groups excluding carboxylic acids is 1. The fraction of sp³-hybridized carbons (Fsp3) is 0.375. The van der Waals surface area contributed by atoms with Crippen LogP contribution in [0.25, 0.3) is 0 Å². The van der Waals surface area contributed by atoms with Gasteiger partial charge in [0.2, 0.25) is 0 Å². The summed E-state index contributed by atoms with van der Waals surface area (Å²) in [6.07, 6.45) is 4.48. The predicted octanol–water partition coefficient (Wildman–Crippen LogP) is 1.71. The lowest BCUT2D eigenvalue weighted by Gasteiger charge is -1.87. The second-order valence-electron chi connectivity index (χ2n) is 1.65. The van der Waals surface area contributed by atoms with Crippen LogP contribution >= 0.6 is 0 Å². The molecular weight excluding hydrogens is 140 g/mol. The third-order valence-corrected chi connectivity index (χ3v) is 0.924. The Morgan fingerprint density at radius 3 is 2.27 bits per heavy atom. The van der Waals surface area contributed by atoms with Crippen molar-refractivity contribution >= 4 is 5.78 Å². The Labute approximate surface area is 66.5 Å². The van der Waals surface area contributed by atoms with Crippen LogP contribution in [0, 0.1) is 0 Å². The maximum absolute atomic E-state index is 10.5. The van der Waals surface area contributed by atoms with Gasteiger partial charge in [-0.3, -0.25) is 9.78 Å². The molecule has 60 valence electrons. The quantitative estimate of drug-likeness (QED) is 0.575. The van der Waals surface area contributed by atoms with E-state index in [1.54, 1.807) is 0 Å². The van der Waals surface area contributed by atoms with Crippen LogP contribution in [0.15, 0.2) is 18.6 Å². The Morgan fingerprint density at radius 1 is 1.36 bits per heavy atom. The summed E-state index contributed by atoms with van der Waals surface area (Å²) in [5.74, 6) is -0.0527. The van der Waals surface area contributed by atoms with Crippen molar-refractivity contribution in [2.24, 2.45) is 0 Å². The van der Waals surface area contributed by atoms with Crippen LogP contribution in [0.2, 0.25) is 0 Å². The molecule has 1 heterocycles. The van der Waals surface area contributed by atoms with Gasteiger partial charge in [0.15, 0.2) is 5.78 Å². The molecule has 1 aromatic heterocycles. The van der Waals surface area contributed by atoms with Crippen molar-refractivity contribution in [3.8, 4) is 0 Å². The highest BCUT2D eigenvalue weighted by molar-refractivity contribution is 5.91. The van der Waals surface area contributed by atoms with E-state index in [2.05, 4.69) is 9.97 Å². The fourth-order valence-electron chi connectivity index (χ4n) is 0.481. The van der Waals surface area contributed by atoms with Gasteiger partial charge in [0.25, 0.3) is 0 Å². The molecular formula is C8H12N2O. The Bertz CT molecular complexity index is 209. The van der Waals surface area contributed by atoms with Gasteiger partial charge in [-0.1, -0.05) is 13.8 Å². The topological polar surface area (TPSA) is 42.9 Å². The number of nitrogens with zero attached hydrogens (tertiary/aromatic N) is 2. The molecule has 3 heteroatoms. The van der Waals surface area contributed by atoms with Gasteiger partial charge in [0.1, 0.15) is 5.69 Å². The van der Waals surface area contributed by atoms with Crippen molar-refractivity contribution in [2.45, 2.75) is 20.8 Å². The van der Waals surface area contributed by atoms with E-state index in [0.717, 1.165) is 0 Å². The Balaban J connectivity index is 0.000000461. The molecule has 1 rings (SSSR count). The summed E-state index contributed by atoms with van der Waals surface area (Å²) in [7, 11) is 0.